The predicted octanol–water partition coefficient (Wildman–Crippen LogP) is 1.19. The number of likely N-dealkylation sites (tertiary alicyclic amines) is 1. The molecule has 2 rings (SSSR count). The van der Waals surface area contributed by atoms with Gasteiger partial charge in [-0.25, -0.2) is 4.39 Å². The molecule has 0 bridgehead atoms. The first-order valence-electron chi connectivity index (χ1n) is 5.55. The Kier molecular flexibility index (Phi) is 3.28. The number of nitrogens with one attached hydrogen (secondary N) is 1. The second kappa shape index (κ2) is 4.71. The van der Waals surface area contributed by atoms with Crippen molar-refractivity contribution in [3.63, 3.8) is 0 Å². The fourth-order valence-electron chi connectivity index (χ4n) is 1.93. The molecule has 1 saturated heterocycles. The molecule has 1 atom stereocenters. The lowest BCUT2D eigenvalue weighted by Crippen LogP contribution is -2.22. The van der Waals surface area contributed by atoms with Crippen molar-refractivity contribution in [3.05, 3.63) is 29.6 Å². The van der Waals surface area contributed by atoms with Crippen LogP contribution in [0.4, 0.5) is 4.39 Å². The quantitative estimate of drug-likeness (QED) is 0.613. The lowest BCUT2D eigenvalue weighted by atomic mass is 10.2. The minimum Gasteiger partial charge on any atom is -0.486 e. The highest BCUT2D eigenvalue weighted by atomic mass is 19.1. The number of nitrogen functional groups attached to an aromatic ring is 1. The highest BCUT2D eigenvalue weighted by molar-refractivity contribution is 5.95. The predicted molar refractivity (Wildman–Crippen MR) is 63.9 cm³/mol. The molecule has 17 heavy (non-hydrogen) atoms. The number of nitrogens with zero attached hydrogens (tertiary/aromatic N) is 1. The van der Waals surface area contributed by atoms with Gasteiger partial charge in [-0.15, -0.1) is 0 Å². The summed E-state index contributed by atoms with van der Waals surface area (Å²) in [7, 11) is 2.01. The van der Waals surface area contributed by atoms with Crippen LogP contribution in [0.3, 0.4) is 0 Å². The van der Waals surface area contributed by atoms with E-state index in [0.29, 0.717) is 5.56 Å². The molecule has 1 heterocycles. The van der Waals surface area contributed by atoms with Gasteiger partial charge >= 0.3 is 0 Å². The number of ether oxygens (including phenoxy) is 1. The lowest BCUT2D eigenvalue weighted by Gasteiger charge is -2.14. The van der Waals surface area contributed by atoms with Crippen molar-refractivity contribution < 1.29 is 9.13 Å². The van der Waals surface area contributed by atoms with Crippen LogP contribution in [-0.4, -0.2) is 37.0 Å². The third-order valence-corrected chi connectivity index (χ3v) is 2.88. The molecule has 3 N–H and O–H groups in total. The molecule has 0 aliphatic carbocycles. The molecule has 1 aliphatic rings. The number of likely N-dealkylation sites (N-methyl/N-ethyl adjacent to an activating group) is 1. The SMILES string of the molecule is CN1CCC(Oc2ccc(C(=N)N)cc2F)C1. The molecular formula is C12H16FN3O. The van der Waals surface area contributed by atoms with Gasteiger partial charge in [0.25, 0.3) is 0 Å². The third-order valence-electron chi connectivity index (χ3n) is 2.88. The van der Waals surface area contributed by atoms with Crippen LogP contribution in [0.1, 0.15) is 12.0 Å². The molecule has 1 aliphatic heterocycles. The van der Waals surface area contributed by atoms with Crippen molar-refractivity contribution in [1.82, 2.24) is 4.90 Å². The van der Waals surface area contributed by atoms with Crippen LogP contribution < -0.4 is 10.5 Å². The van der Waals surface area contributed by atoms with Crippen LogP contribution in [0.5, 0.6) is 5.75 Å². The van der Waals surface area contributed by atoms with E-state index in [1.165, 1.54) is 12.1 Å². The van der Waals surface area contributed by atoms with E-state index in [1.54, 1.807) is 6.07 Å². The molecule has 1 aromatic carbocycles. The zero-order chi connectivity index (χ0) is 12.4. The van der Waals surface area contributed by atoms with E-state index < -0.39 is 5.82 Å². The minimum atomic E-state index is -0.466. The Labute approximate surface area is 99.7 Å². The average Bonchev–Trinajstić information content (AvgIpc) is 2.67. The molecular weight excluding hydrogens is 221 g/mol. The number of nitrogens with two attached hydrogens (primary N) is 1. The number of hydrogen-bond acceptors (Lipinski definition) is 3. The number of benzene rings is 1. The monoisotopic (exact) mass is 237 g/mol. The van der Waals surface area contributed by atoms with Gasteiger partial charge in [0.15, 0.2) is 11.6 Å². The molecule has 4 nitrogen and oxygen atoms in total. The van der Waals surface area contributed by atoms with Gasteiger partial charge in [-0.3, -0.25) is 5.41 Å². The Balaban J connectivity index is 2.09. The van der Waals surface area contributed by atoms with Crippen molar-refractivity contribution in [1.29, 1.82) is 5.41 Å². The van der Waals surface area contributed by atoms with Gasteiger partial charge in [-0.1, -0.05) is 0 Å². The molecule has 0 amide bonds. The maximum atomic E-state index is 13.7. The second-order valence-corrected chi connectivity index (χ2v) is 4.35. The topological polar surface area (TPSA) is 62.3 Å². The number of halogens is 1. The van der Waals surface area contributed by atoms with Crippen LogP contribution in [-0.2, 0) is 0 Å². The first-order chi connectivity index (χ1) is 8.06. The fraction of sp³-hybridized carbons (Fsp3) is 0.417. The summed E-state index contributed by atoms with van der Waals surface area (Å²) in [5.74, 6) is -0.376. The molecule has 0 radical (unpaired) electrons. The average molecular weight is 237 g/mol. The summed E-state index contributed by atoms with van der Waals surface area (Å²) in [4.78, 5) is 2.15. The van der Waals surface area contributed by atoms with E-state index in [4.69, 9.17) is 15.9 Å². The maximum absolute atomic E-state index is 13.7. The highest BCUT2D eigenvalue weighted by Crippen LogP contribution is 2.22. The van der Waals surface area contributed by atoms with Gasteiger partial charge in [0.2, 0.25) is 0 Å². The first kappa shape index (κ1) is 11.9. The molecule has 1 fully saturated rings. The Morgan fingerprint density at radius 3 is 2.88 bits per heavy atom. The summed E-state index contributed by atoms with van der Waals surface area (Å²) in [6.07, 6.45) is 0.947. The van der Waals surface area contributed by atoms with Gasteiger partial charge in [-0.2, -0.15) is 0 Å². The Morgan fingerprint density at radius 2 is 2.35 bits per heavy atom. The van der Waals surface area contributed by atoms with E-state index in [-0.39, 0.29) is 17.7 Å². The summed E-state index contributed by atoms with van der Waals surface area (Å²) >= 11 is 0. The van der Waals surface area contributed by atoms with Gasteiger partial charge in [0.05, 0.1) is 0 Å². The third kappa shape index (κ3) is 2.74. The Bertz CT molecular complexity index is 436. The van der Waals surface area contributed by atoms with Crippen LogP contribution in [0.25, 0.3) is 0 Å². The minimum absolute atomic E-state index is 0.0395. The summed E-state index contributed by atoms with van der Waals surface area (Å²) in [5, 5.41) is 7.22. The maximum Gasteiger partial charge on any atom is 0.165 e. The summed E-state index contributed by atoms with van der Waals surface area (Å²) in [5.41, 5.74) is 5.66. The lowest BCUT2D eigenvalue weighted by molar-refractivity contribution is 0.199. The van der Waals surface area contributed by atoms with Crippen LogP contribution in [0, 0.1) is 11.2 Å². The summed E-state index contributed by atoms with van der Waals surface area (Å²) in [6, 6.07) is 4.36. The van der Waals surface area contributed by atoms with E-state index in [1.807, 2.05) is 7.05 Å². The zero-order valence-electron chi connectivity index (χ0n) is 9.74. The van der Waals surface area contributed by atoms with Crippen LogP contribution >= 0.6 is 0 Å². The Hall–Kier alpha value is -1.62. The van der Waals surface area contributed by atoms with Gasteiger partial charge in [-0.05, 0) is 31.7 Å². The van der Waals surface area contributed by atoms with E-state index in [9.17, 15) is 4.39 Å². The molecule has 1 aromatic rings. The number of rotatable bonds is 3. The number of amidine groups is 1. The Morgan fingerprint density at radius 1 is 1.59 bits per heavy atom. The van der Waals surface area contributed by atoms with Gasteiger partial charge < -0.3 is 15.4 Å². The number of hydrogen-bond donors (Lipinski definition) is 2. The smallest absolute Gasteiger partial charge is 0.165 e. The van der Waals surface area contributed by atoms with E-state index >= 15 is 0 Å². The van der Waals surface area contributed by atoms with Crippen molar-refractivity contribution in [3.8, 4) is 5.75 Å². The molecule has 0 spiro atoms. The zero-order valence-corrected chi connectivity index (χ0v) is 9.74. The molecule has 92 valence electrons. The molecule has 1 unspecified atom stereocenters. The van der Waals surface area contributed by atoms with Crippen LogP contribution in [0.2, 0.25) is 0 Å². The molecule has 0 saturated carbocycles. The highest BCUT2D eigenvalue weighted by Gasteiger charge is 2.22. The van der Waals surface area contributed by atoms with Crippen molar-refractivity contribution in [2.24, 2.45) is 5.73 Å². The second-order valence-electron chi connectivity index (χ2n) is 4.35. The normalized spacial score (nSPS) is 20.5. The summed E-state index contributed by atoms with van der Waals surface area (Å²) in [6.45, 7) is 1.78. The standard InChI is InChI=1S/C12H16FN3O/c1-16-5-4-9(7-16)17-11-3-2-8(12(14)15)6-10(11)13/h2-3,6,9H,4-5,7H2,1H3,(H3,14,15). The van der Waals surface area contributed by atoms with E-state index in [2.05, 4.69) is 4.90 Å². The molecule has 0 aromatic heterocycles. The largest absolute Gasteiger partial charge is 0.486 e. The fourth-order valence-corrected chi connectivity index (χ4v) is 1.93. The van der Waals surface area contributed by atoms with Crippen molar-refractivity contribution in [2.75, 3.05) is 20.1 Å². The van der Waals surface area contributed by atoms with E-state index in [0.717, 1.165) is 19.5 Å². The van der Waals surface area contributed by atoms with Crippen molar-refractivity contribution in [2.45, 2.75) is 12.5 Å². The molecule has 5 heteroatoms. The first-order valence-corrected chi connectivity index (χ1v) is 5.55. The van der Waals surface area contributed by atoms with Gasteiger partial charge in [0, 0.05) is 18.7 Å². The summed E-state index contributed by atoms with van der Waals surface area (Å²) < 4.78 is 19.3. The van der Waals surface area contributed by atoms with Crippen molar-refractivity contribution >= 4 is 5.84 Å². The van der Waals surface area contributed by atoms with Gasteiger partial charge in [0.1, 0.15) is 11.9 Å². The van der Waals surface area contributed by atoms with Crippen LogP contribution in [0.15, 0.2) is 18.2 Å².